The molecule has 3 aromatic rings. The molecule has 2 aromatic heterocycles. The quantitative estimate of drug-likeness (QED) is 0.472. The number of nitrogens with two attached hydrogens (primary N) is 2. The summed E-state index contributed by atoms with van der Waals surface area (Å²) < 4.78 is 52.3. The van der Waals surface area contributed by atoms with Crippen molar-refractivity contribution in [3.8, 4) is 10.6 Å². The van der Waals surface area contributed by atoms with Crippen molar-refractivity contribution in [3.63, 3.8) is 0 Å². The maximum atomic E-state index is 13.8. The lowest BCUT2D eigenvalue weighted by molar-refractivity contribution is 0.0122. The van der Waals surface area contributed by atoms with Crippen LogP contribution < -0.4 is 16.8 Å². The smallest absolute Gasteiger partial charge is 0.277 e. The summed E-state index contributed by atoms with van der Waals surface area (Å²) in [4.78, 5) is 16.1. The second kappa shape index (κ2) is 11.4. The van der Waals surface area contributed by atoms with Crippen LogP contribution >= 0.6 is 11.3 Å². The van der Waals surface area contributed by atoms with Crippen LogP contribution in [0.25, 0.3) is 10.6 Å². The molecule has 34 heavy (non-hydrogen) atoms. The van der Waals surface area contributed by atoms with Crippen LogP contribution in [0.4, 0.5) is 23.9 Å². The lowest BCUT2D eigenvalue weighted by atomic mass is 10.1. The van der Waals surface area contributed by atoms with Gasteiger partial charge < -0.3 is 26.3 Å². The van der Waals surface area contributed by atoms with E-state index in [1.54, 1.807) is 20.4 Å². The number of aryl methyl sites for hydroxylation is 1. The van der Waals surface area contributed by atoms with Crippen LogP contribution in [0.3, 0.4) is 0 Å². The van der Waals surface area contributed by atoms with Crippen molar-refractivity contribution < 1.29 is 27.4 Å². The third-order valence-electron chi connectivity index (χ3n) is 4.94. The first-order valence-corrected chi connectivity index (χ1v) is 11.1. The van der Waals surface area contributed by atoms with Crippen molar-refractivity contribution in [1.82, 2.24) is 14.8 Å². The Kier molecular flexibility index (Phi) is 8.61. The predicted molar refractivity (Wildman–Crippen MR) is 122 cm³/mol. The van der Waals surface area contributed by atoms with Gasteiger partial charge in [-0.3, -0.25) is 9.48 Å². The van der Waals surface area contributed by atoms with Gasteiger partial charge in [0.2, 0.25) is 0 Å². The number of nitrogen functional groups attached to an aromatic ring is 1. The lowest BCUT2D eigenvalue weighted by Crippen LogP contribution is -2.37. The van der Waals surface area contributed by atoms with E-state index in [9.17, 15) is 18.0 Å². The molecular formula is C21H25F3N6O3S. The summed E-state index contributed by atoms with van der Waals surface area (Å²) in [5, 5.41) is 6.31. The van der Waals surface area contributed by atoms with Gasteiger partial charge >= 0.3 is 0 Å². The normalized spacial score (nSPS) is 18.1. The fourth-order valence-corrected chi connectivity index (χ4v) is 4.01. The number of methoxy groups -OCH3 is 1. The summed E-state index contributed by atoms with van der Waals surface area (Å²) >= 11 is 0.755. The number of halogens is 3. The zero-order chi connectivity index (χ0) is 24.8. The highest BCUT2D eigenvalue weighted by Crippen LogP contribution is 2.33. The van der Waals surface area contributed by atoms with Gasteiger partial charge in [0.15, 0.2) is 17.3 Å². The van der Waals surface area contributed by atoms with Crippen LogP contribution in [0.5, 0.6) is 0 Å². The number of ether oxygens (including phenoxy) is 2. The molecule has 2 atom stereocenters. The lowest BCUT2D eigenvalue weighted by Gasteiger charge is -2.17. The molecule has 2 unspecified atom stereocenters. The second-order valence-corrected chi connectivity index (χ2v) is 8.52. The molecule has 4 rings (SSSR count). The zero-order valence-corrected chi connectivity index (χ0v) is 19.4. The van der Waals surface area contributed by atoms with Crippen molar-refractivity contribution in [1.29, 1.82) is 0 Å². The van der Waals surface area contributed by atoms with Crippen LogP contribution in [0.15, 0.2) is 24.5 Å². The SMILES string of the molecule is COC1COCCCC1N.Cn1cc(NC(=O)c2nc(-c3cc(F)cc(F)c3F)sc2N)cn1. The third kappa shape index (κ3) is 6.32. The van der Waals surface area contributed by atoms with Gasteiger partial charge in [0.1, 0.15) is 15.8 Å². The minimum absolute atomic E-state index is 0.00420. The largest absolute Gasteiger partial charge is 0.389 e. The molecule has 0 spiro atoms. The highest BCUT2D eigenvalue weighted by molar-refractivity contribution is 7.19. The zero-order valence-electron chi connectivity index (χ0n) is 18.6. The highest BCUT2D eigenvalue weighted by atomic mass is 32.1. The molecule has 5 N–H and O–H groups in total. The number of anilines is 2. The number of aromatic nitrogens is 3. The number of thiazole rings is 1. The number of nitrogens with one attached hydrogen (secondary N) is 1. The Labute approximate surface area is 197 Å². The molecule has 0 bridgehead atoms. The van der Waals surface area contributed by atoms with E-state index < -0.39 is 28.9 Å². The molecule has 1 saturated heterocycles. The Morgan fingerprint density at radius 3 is 2.79 bits per heavy atom. The van der Waals surface area contributed by atoms with Crippen molar-refractivity contribution in [2.75, 3.05) is 31.4 Å². The summed E-state index contributed by atoms with van der Waals surface area (Å²) in [5.41, 5.74) is 11.4. The van der Waals surface area contributed by atoms with E-state index in [0.29, 0.717) is 18.4 Å². The Morgan fingerprint density at radius 1 is 1.35 bits per heavy atom. The van der Waals surface area contributed by atoms with Crippen LogP contribution in [0.2, 0.25) is 0 Å². The standard InChI is InChI=1S/C14H10F3N5OS.C7H15NO2/c1-22-5-7(4-19-22)20-13(23)11-12(18)24-14(21-11)8-2-6(15)3-9(16)10(8)17;1-9-7-5-10-4-2-3-6(7)8/h2-5H,18H2,1H3,(H,20,23);6-7H,2-5,8H2,1H3. The minimum Gasteiger partial charge on any atom is -0.389 e. The van der Waals surface area contributed by atoms with Gasteiger partial charge in [-0.15, -0.1) is 0 Å². The Hall–Kier alpha value is -3.00. The number of carbonyl (C=O) groups is 1. The number of rotatable bonds is 4. The summed E-state index contributed by atoms with van der Waals surface area (Å²) in [5.74, 6) is -4.20. The van der Waals surface area contributed by atoms with Gasteiger partial charge in [0, 0.05) is 39.1 Å². The average molecular weight is 499 g/mol. The van der Waals surface area contributed by atoms with E-state index in [0.717, 1.165) is 36.9 Å². The number of amides is 1. The summed E-state index contributed by atoms with van der Waals surface area (Å²) in [6.45, 7) is 1.48. The van der Waals surface area contributed by atoms with Gasteiger partial charge in [-0.2, -0.15) is 5.10 Å². The van der Waals surface area contributed by atoms with Crippen LogP contribution in [0.1, 0.15) is 23.3 Å². The number of nitrogens with zero attached hydrogens (tertiary/aromatic N) is 3. The topological polar surface area (TPSA) is 130 Å². The van der Waals surface area contributed by atoms with Crippen molar-refractivity contribution in [3.05, 3.63) is 47.7 Å². The molecule has 13 heteroatoms. The van der Waals surface area contributed by atoms with Crippen molar-refractivity contribution >= 4 is 27.9 Å². The maximum Gasteiger partial charge on any atom is 0.277 e. The van der Waals surface area contributed by atoms with Crippen molar-refractivity contribution in [2.45, 2.75) is 25.0 Å². The highest BCUT2D eigenvalue weighted by Gasteiger charge is 2.22. The van der Waals surface area contributed by atoms with E-state index in [4.69, 9.17) is 20.9 Å². The average Bonchev–Trinajstić information content (AvgIpc) is 3.31. The molecule has 0 saturated carbocycles. The first-order chi connectivity index (χ1) is 16.2. The molecule has 3 heterocycles. The molecule has 184 valence electrons. The molecule has 9 nitrogen and oxygen atoms in total. The second-order valence-electron chi connectivity index (χ2n) is 7.49. The molecule has 1 aromatic carbocycles. The van der Waals surface area contributed by atoms with Gasteiger partial charge in [-0.05, 0) is 18.9 Å². The van der Waals surface area contributed by atoms with Gasteiger partial charge in [0.25, 0.3) is 5.91 Å². The van der Waals surface area contributed by atoms with E-state index in [1.807, 2.05) is 0 Å². The molecule has 1 aliphatic rings. The molecular weight excluding hydrogens is 473 g/mol. The molecule has 0 radical (unpaired) electrons. The van der Waals surface area contributed by atoms with E-state index in [-0.39, 0.29) is 27.8 Å². The summed E-state index contributed by atoms with van der Waals surface area (Å²) in [7, 11) is 3.35. The van der Waals surface area contributed by atoms with E-state index >= 15 is 0 Å². The number of hydrogen-bond donors (Lipinski definition) is 3. The fraction of sp³-hybridized carbons (Fsp3) is 0.381. The first-order valence-electron chi connectivity index (χ1n) is 10.3. The van der Waals surface area contributed by atoms with Crippen LogP contribution in [-0.2, 0) is 16.5 Å². The molecule has 1 amide bonds. The Balaban J connectivity index is 0.000000271. The van der Waals surface area contributed by atoms with Crippen LogP contribution in [0, 0.1) is 17.5 Å². The Morgan fingerprint density at radius 2 is 2.12 bits per heavy atom. The van der Waals surface area contributed by atoms with Gasteiger partial charge in [0.05, 0.1) is 30.2 Å². The van der Waals surface area contributed by atoms with Crippen LogP contribution in [-0.4, -0.2) is 53.1 Å². The monoisotopic (exact) mass is 498 g/mol. The van der Waals surface area contributed by atoms with E-state index in [2.05, 4.69) is 15.4 Å². The van der Waals surface area contributed by atoms with Gasteiger partial charge in [-0.25, -0.2) is 18.2 Å². The molecule has 1 aliphatic heterocycles. The first kappa shape index (κ1) is 25.6. The fourth-order valence-electron chi connectivity index (χ4n) is 3.17. The van der Waals surface area contributed by atoms with Crippen molar-refractivity contribution in [2.24, 2.45) is 12.8 Å². The number of benzene rings is 1. The molecule has 1 fully saturated rings. The van der Waals surface area contributed by atoms with Gasteiger partial charge in [-0.1, -0.05) is 11.3 Å². The maximum absolute atomic E-state index is 13.8. The third-order valence-corrected chi connectivity index (χ3v) is 5.86. The van der Waals surface area contributed by atoms with E-state index in [1.165, 1.54) is 10.9 Å². The Bertz CT molecular complexity index is 1140. The number of carbonyl (C=O) groups excluding carboxylic acids is 1. The number of hydrogen-bond acceptors (Lipinski definition) is 8. The molecule has 0 aliphatic carbocycles. The minimum atomic E-state index is -1.35. The summed E-state index contributed by atoms with van der Waals surface area (Å²) in [6, 6.07) is 1.37. The summed E-state index contributed by atoms with van der Waals surface area (Å²) in [6.07, 6.45) is 5.15. The predicted octanol–water partition coefficient (Wildman–Crippen LogP) is 2.93.